The van der Waals surface area contributed by atoms with Crippen LogP contribution in [0.25, 0.3) is 11.0 Å². The van der Waals surface area contributed by atoms with E-state index < -0.39 is 23.4 Å². The molecule has 2 aromatic carbocycles. The number of aryl methyl sites for hydroxylation is 1. The van der Waals surface area contributed by atoms with Gasteiger partial charge in [0.25, 0.3) is 11.6 Å². The van der Waals surface area contributed by atoms with E-state index in [-0.39, 0.29) is 17.1 Å². The average molecular weight is 403 g/mol. The van der Waals surface area contributed by atoms with E-state index in [0.717, 1.165) is 5.56 Å². The SMILES string of the molecule is Cc1ccc([N+](=O)[O-])c(NC(=O)COC(=O)c2cc3cc(Cl)ccc3o2)c1C. The molecular weight excluding hydrogens is 388 g/mol. The Morgan fingerprint density at radius 3 is 2.68 bits per heavy atom. The third-order valence-electron chi connectivity index (χ3n) is 4.19. The lowest BCUT2D eigenvalue weighted by Gasteiger charge is -2.11. The van der Waals surface area contributed by atoms with Gasteiger partial charge in [0.1, 0.15) is 11.3 Å². The van der Waals surface area contributed by atoms with Crippen LogP contribution < -0.4 is 5.32 Å². The monoisotopic (exact) mass is 402 g/mol. The molecular formula is C19H15ClN2O6. The summed E-state index contributed by atoms with van der Waals surface area (Å²) in [6, 6.07) is 9.22. The maximum Gasteiger partial charge on any atom is 0.374 e. The Hall–Kier alpha value is -3.39. The molecule has 1 N–H and O–H groups in total. The molecule has 0 radical (unpaired) electrons. The van der Waals surface area contributed by atoms with Gasteiger partial charge in [0.15, 0.2) is 6.61 Å². The summed E-state index contributed by atoms with van der Waals surface area (Å²) in [7, 11) is 0. The topological polar surface area (TPSA) is 112 Å². The lowest BCUT2D eigenvalue weighted by atomic mass is 10.1. The number of nitro benzene ring substituents is 1. The number of hydrogen-bond donors (Lipinski definition) is 1. The molecule has 0 aliphatic carbocycles. The van der Waals surface area contributed by atoms with Crippen LogP contribution in [-0.2, 0) is 9.53 Å². The van der Waals surface area contributed by atoms with Gasteiger partial charge in [-0.15, -0.1) is 0 Å². The molecule has 3 aromatic rings. The third-order valence-corrected chi connectivity index (χ3v) is 4.42. The van der Waals surface area contributed by atoms with Crippen molar-refractivity contribution in [1.82, 2.24) is 0 Å². The highest BCUT2D eigenvalue weighted by Crippen LogP contribution is 2.30. The molecule has 1 amide bonds. The quantitative estimate of drug-likeness (QED) is 0.384. The number of carbonyl (C=O) groups excluding carboxylic acids is 2. The first-order valence-corrected chi connectivity index (χ1v) is 8.54. The Bertz CT molecular complexity index is 1110. The number of nitro groups is 1. The molecule has 28 heavy (non-hydrogen) atoms. The van der Waals surface area contributed by atoms with Crippen molar-refractivity contribution in [2.75, 3.05) is 11.9 Å². The zero-order chi connectivity index (χ0) is 20.4. The van der Waals surface area contributed by atoms with Gasteiger partial charge in [0, 0.05) is 16.5 Å². The molecule has 1 heterocycles. The Kier molecular flexibility index (Phi) is 5.32. The van der Waals surface area contributed by atoms with E-state index in [9.17, 15) is 19.7 Å². The van der Waals surface area contributed by atoms with Gasteiger partial charge in [-0.2, -0.15) is 0 Å². The van der Waals surface area contributed by atoms with E-state index in [4.69, 9.17) is 20.8 Å². The maximum atomic E-state index is 12.1. The highest BCUT2D eigenvalue weighted by molar-refractivity contribution is 6.31. The Labute approximate surface area is 164 Å². The van der Waals surface area contributed by atoms with Crippen LogP contribution in [0.5, 0.6) is 0 Å². The van der Waals surface area contributed by atoms with Crippen LogP contribution in [0, 0.1) is 24.0 Å². The van der Waals surface area contributed by atoms with E-state index in [0.29, 0.717) is 21.6 Å². The summed E-state index contributed by atoms with van der Waals surface area (Å²) >= 11 is 5.89. The van der Waals surface area contributed by atoms with Crippen molar-refractivity contribution in [3.05, 3.63) is 68.4 Å². The first-order valence-electron chi connectivity index (χ1n) is 8.17. The summed E-state index contributed by atoms with van der Waals surface area (Å²) < 4.78 is 10.3. The van der Waals surface area contributed by atoms with Crippen LogP contribution in [0.4, 0.5) is 11.4 Å². The molecule has 9 heteroatoms. The number of amides is 1. The standard InChI is InChI=1S/C19H15ClN2O6/c1-10-3-5-14(22(25)26)18(11(10)2)21-17(23)9-27-19(24)16-8-12-7-13(20)4-6-15(12)28-16/h3-8H,9H2,1-2H3,(H,21,23). The van der Waals surface area contributed by atoms with Crippen molar-refractivity contribution in [3.8, 4) is 0 Å². The molecule has 0 fully saturated rings. The van der Waals surface area contributed by atoms with Crippen LogP contribution in [0.1, 0.15) is 21.7 Å². The molecule has 0 aliphatic rings. The number of esters is 1. The number of nitrogens with zero attached hydrogens (tertiary/aromatic N) is 1. The van der Waals surface area contributed by atoms with Crippen molar-refractivity contribution in [3.63, 3.8) is 0 Å². The van der Waals surface area contributed by atoms with Gasteiger partial charge in [-0.1, -0.05) is 17.7 Å². The molecule has 0 aliphatic heterocycles. The number of benzene rings is 2. The van der Waals surface area contributed by atoms with Crippen molar-refractivity contribution in [1.29, 1.82) is 0 Å². The van der Waals surface area contributed by atoms with Crippen LogP contribution >= 0.6 is 11.6 Å². The second-order valence-corrected chi connectivity index (χ2v) is 6.51. The zero-order valence-electron chi connectivity index (χ0n) is 14.9. The summed E-state index contributed by atoms with van der Waals surface area (Å²) in [5, 5.41) is 14.7. The fourth-order valence-electron chi connectivity index (χ4n) is 2.60. The predicted molar refractivity (Wildman–Crippen MR) is 103 cm³/mol. The second kappa shape index (κ2) is 7.69. The first-order chi connectivity index (χ1) is 13.3. The fourth-order valence-corrected chi connectivity index (χ4v) is 2.78. The summed E-state index contributed by atoms with van der Waals surface area (Å²) in [6.07, 6.45) is 0. The number of carbonyl (C=O) groups is 2. The van der Waals surface area contributed by atoms with Crippen LogP contribution in [0.3, 0.4) is 0 Å². The molecule has 0 spiro atoms. The van der Waals surface area contributed by atoms with Crippen LogP contribution in [-0.4, -0.2) is 23.4 Å². The molecule has 8 nitrogen and oxygen atoms in total. The van der Waals surface area contributed by atoms with Crippen molar-refractivity contribution >= 4 is 45.8 Å². The van der Waals surface area contributed by atoms with E-state index in [1.807, 2.05) is 0 Å². The van der Waals surface area contributed by atoms with Gasteiger partial charge in [0.2, 0.25) is 5.76 Å². The normalized spacial score (nSPS) is 10.7. The lowest BCUT2D eigenvalue weighted by molar-refractivity contribution is -0.384. The molecule has 0 saturated heterocycles. The Morgan fingerprint density at radius 1 is 1.21 bits per heavy atom. The molecule has 144 valence electrons. The number of fused-ring (bicyclic) bond motifs is 1. The van der Waals surface area contributed by atoms with E-state index in [1.54, 1.807) is 38.1 Å². The van der Waals surface area contributed by atoms with Gasteiger partial charge in [-0.05, 0) is 49.2 Å². The van der Waals surface area contributed by atoms with E-state index in [2.05, 4.69) is 5.32 Å². The van der Waals surface area contributed by atoms with Crippen LogP contribution in [0.15, 0.2) is 40.8 Å². The van der Waals surface area contributed by atoms with Gasteiger partial charge < -0.3 is 14.5 Å². The number of anilines is 1. The minimum absolute atomic E-state index is 0.0735. The molecule has 0 bridgehead atoms. The van der Waals surface area contributed by atoms with Crippen molar-refractivity contribution < 1.29 is 23.7 Å². The number of hydrogen-bond acceptors (Lipinski definition) is 6. The Balaban J connectivity index is 1.69. The number of halogens is 1. The first kappa shape index (κ1) is 19.4. The minimum atomic E-state index is -0.835. The lowest BCUT2D eigenvalue weighted by Crippen LogP contribution is -2.22. The molecule has 0 saturated carbocycles. The van der Waals surface area contributed by atoms with Crippen LogP contribution in [0.2, 0.25) is 5.02 Å². The highest BCUT2D eigenvalue weighted by atomic mass is 35.5. The smallest absolute Gasteiger partial charge is 0.374 e. The number of rotatable bonds is 5. The molecule has 3 rings (SSSR count). The average Bonchev–Trinajstić information content (AvgIpc) is 3.06. The summed E-state index contributed by atoms with van der Waals surface area (Å²) in [5.74, 6) is -1.62. The summed E-state index contributed by atoms with van der Waals surface area (Å²) in [5.41, 5.74) is 1.62. The van der Waals surface area contributed by atoms with E-state index in [1.165, 1.54) is 12.1 Å². The van der Waals surface area contributed by atoms with Gasteiger partial charge in [-0.3, -0.25) is 14.9 Å². The largest absolute Gasteiger partial charge is 0.450 e. The van der Waals surface area contributed by atoms with Gasteiger partial charge in [0.05, 0.1) is 4.92 Å². The summed E-state index contributed by atoms with van der Waals surface area (Å²) in [6.45, 7) is 2.80. The fraction of sp³-hybridized carbons (Fsp3) is 0.158. The van der Waals surface area contributed by atoms with E-state index >= 15 is 0 Å². The third kappa shape index (κ3) is 3.96. The Morgan fingerprint density at radius 2 is 1.96 bits per heavy atom. The molecule has 0 unspecified atom stereocenters. The molecule has 0 atom stereocenters. The number of nitrogens with one attached hydrogen (secondary N) is 1. The second-order valence-electron chi connectivity index (χ2n) is 6.08. The zero-order valence-corrected chi connectivity index (χ0v) is 15.7. The van der Waals surface area contributed by atoms with Crippen molar-refractivity contribution in [2.45, 2.75) is 13.8 Å². The van der Waals surface area contributed by atoms with Gasteiger partial charge >= 0.3 is 5.97 Å². The maximum absolute atomic E-state index is 12.1. The minimum Gasteiger partial charge on any atom is -0.450 e. The number of furan rings is 1. The molecule has 1 aromatic heterocycles. The highest BCUT2D eigenvalue weighted by Gasteiger charge is 2.21. The summed E-state index contributed by atoms with van der Waals surface area (Å²) in [4.78, 5) is 34.8. The predicted octanol–water partition coefficient (Wildman–Crippen LogP) is 4.41. The van der Waals surface area contributed by atoms with Crippen molar-refractivity contribution in [2.24, 2.45) is 0 Å². The number of ether oxygens (including phenoxy) is 1. The van der Waals surface area contributed by atoms with Gasteiger partial charge in [-0.25, -0.2) is 4.79 Å².